The van der Waals surface area contributed by atoms with Crippen LogP contribution in [0.15, 0.2) is 77.9 Å². The van der Waals surface area contributed by atoms with Gasteiger partial charge in [0.05, 0.1) is 24.7 Å². The van der Waals surface area contributed by atoms with E-state index in [1.807, 2.05) is 36.4 Å². The average molecular weight is 412 g/mol. The average Bonchev–Trinajstić information content (AvgIpc) is 3.20. The highest BCUT2D eigenvalue weighted by molar-refractivity contribution is 5.87. The lowest BCUT2D eigenvalue weighted by Gasteiger charge is -2.07. The molecule has 0 aliphatic carbocycles. The van der Waals surface area contributed by atoms with Crippen LogP contribution in [0.5, 0.6) is 5.75 Å². The SMILES string of the molecule is COc1ccc(CC#Cc2cc3ccn(Cc4ccc(C(=O)O)cc4)c(=O)n3c2)cc1. The molecule has 0 unspecified atom stereocenters. The van der Waals surface area contributed by atoms with Gasteiger partial charge in [-0.1, -0.05) is 36.1 Å². The Labute approximate surface area is 179 Å². The van der Waals surface area contributed by atoms with Crippen molar-refractivity contribution in [3.8, 4) is 17.6 Å². The van der Waals surface area contributed by atoms with Crippen LogP contribution in [0.2, 0.25) is 0 Å². The Hall–Kier alpha value is -4.24. The summed E-state index contributed by atoms with van der Waals surface area (Å²) in [6, 6.07) is 18.0. The van der Waals surface area contributed by atoms with Crippen molar-refractivity contribution in [2.45, 2.75) is 13.0 Å². The number of methoxy groups -OCH3 is 1. The molecule has 0 fully saturated rings. The number of hydrogen-bond acceptors (Lipinski definition) is 3. The first-order valence-corrected chi connectivity index (χ1v) is 9.69. The van der Waals surface area contributed by atoms with Gasteiger partial charge < -0.3 is 9.84 Å². The zero-order valence-corrected chi connectivity index (χ0v) is 16.9. The number of rotatable bonds is 5. The summed E-state index contributed by atoms with van der Waals surface area (Å²) in [4.78, 5) is 23.8. The van der Waals surface area contributed by atoms with E-state index in [1.165, 1.54) is 12.1 Å². The Morgan fingerprint density at radius 2 is 1.74 bits per heavy atom. The van der Waals surface area contributed by atoms with Crippen molar-refractivity contribution in [1.82, 2.24) is 8.97 Å². The molecule has 6 nitrogen and oxygen atoms in total. The monoisotopic (exact) mass is 412 g/mol. The molecule has 4 rings (SSSR count). The van der Waals surface area contributed by atoms with E-state index in [0.717, 1.165) is 28.0 Å². The van der Waals surface area contributed by atoms with Crippen LogP contribution in [-0.4, -0.2) is 27.2 Å². The van der Waals surface area contributed by atoms with Gasteiger partial charge in [0.25, 0.3) is 0 Å². The first-order valence-electron chi connectivity index (χ1n) is 9.69. The Bertz CT molecular complexity index is 1350. The highest BCUT2D eigenvalue weighted by Crippen LogP contribution is 2.12. The van der Waals surface area contributed by atoms with Crippen LogP contribution in [0, 0.1) is 11.8 Å². The molecule has 1 N–H and O–H groups in total. The van der Waals surface area contributed by atoms with Gasteiger partial charge in [-0.3, -0.25) is 8.97 Å². The Kier molecular flexibility index (Phi) is 5.59. The summed E-state index contributed by atoms with van der Waals surface area (Å²) < 4.78 is 8.31. The fourth-order valence-corrected chi connectivity index (χ4v) is 3.27. The summed E-state index contributed by atoms with van der Waals surface area (Å²) >= 11 is 0. The first-order chi connectivity index (χ1) is 15.0. The van der Waals surface area contributed by atoms with Crippen LogP contribution in [-0.2, 0) is 13.0 Å². The fraction of sp³-hybridized carbons (Fsp3) is 0.120. The number of nitrogens with zero attached hydrogens (tertiary/aromatic N) is 2. The summed E-state index contributed by atoms with van der Waals surface area (Å²) in [7, 11) is 1.63. The molecule has 0 spiro atoms. The number of carboxylic acids is 1. The molecule has 31 heavy (non-hydrogen) atoms. The van der Waals surface area contributed by atoms with Gasteiger partial charge in [0.1, 0.15) is 5.75 Å². The molecule has 0 aliphatic heterocycles. The number of hydrogen-bond donors (Lipinski definition) is 1. The third kappa shape index (κ3) is 4.51. The second-order valence-corrected chi connectivity index (χ2v) is 7.08. The van der Waals surface area contributed by atoms with Gasteiger partial charge in [-0.25, -0.2) is 9.59 Å². The molecular formula is C25H20N2O4. The maximum Gasteiger partial charge on any atom is 0.335 e. The lowest BCUT2D eigenvalue weighted by atomic mass is 10.1. The minimum Gasteiger partial charge on any atom is -0.497 e. The molecule has 2 heterocycles. The smallest absolute Gasteiger partial charge is 0.335 e. The lowest BCUT2D eigenvalue weighted by molar-refractivity contribution is 0.0697. The van der Waals surface area contributed by atoms with Crippen LogP contribution in [0.4, 0.5) is 0 Å². The third-order valence-electron chi connectivity index (χ3n) is 4.96. The molecule has 0 radical (unpaired) electrons. The predicted molar refractivity (Wildman–Crippen MR) is 118 cm³/mol. The van der Waals surface area contributed by atoms with Gasteiger partial charge in [-0.2, -0.15) is 0 Å². The van der Waals surface area contributed by atoms with Crippen molar-refractivity contribution < 1.29 is 14.6 Å². The fourth-order valence-electron chi connectivity index (χ4n) is 3.27. The molecule has 0 amide bonds. The van der Waals surface area contributed by atoms with E-state index in [4.69, 9.17) is 9.84 Å². The van der Waals surface area contributed by atoms with E-state index < -0.39 is 5.97 Å². The summed E-state index contributed by atoms with van der Waals surface area (Å²) in [6.45, 7) is 0.353. The molecule has 0 bridgehead atoms. The standard InChI is InChI=1S/C25H20N2O4/c1-31-23-11-7-18(8-12-23)3-2-4-20-15-22-13-14-26(25(30)27(22)17-20)16-19-5-9-21(10-6-19)24(28)29/h5-15,17H,3,16H2,1H3,(H,28,29). The molecule has 0 aliphatic rings. The second kappa shape index (κ2) is 8.64. The number of ether oxygens (including phenoxy) is 1. The molecular weight excluding hydrogens is 392 g/mol. The van der Waals surface area contributed by atoms with Crippen LogP contribution in [0.25, 0.3) is 5.52 Å². The topological polar surface area (TPSA) is 72.9 Å². The lowest BCUT2D eigenvalue weighted by Crippen LogP contribution is -2.25. The summed E-state index contributed by atoms with van der Waals surface area (Å²) in [5.74, 6) is 6.10. The minimum absolute atomic E-state index is 0.178. The predicted octanol–water partition coefficient (Wildman–Crippen LogP) is 3.45. The van der Waals surface area contributed by atoms with Crippen molar-refractivity contribution in [3.05, 3.63) is 106 Å². The second-order valence-electron chi connectivity index (χ2n) is 7.08. The van der Waals surface area contributed by atoms with Gasteiger partial charge >= 0.3 is 11.7 Å². The number of carbonyl (C=O) groups is 1. The Balaban J connectivity index is 1.52. The van der Waals surface area contributed by atoms with Crippen molar-refractivity contribution >= 4 is 11.5 Å². The number of benzene rings is 2. The normalized spacial score (nSPS) is 10.5. The van der Waals surface area contributed by atoms with E-state index in [2.05, 4.69) is 11.8 Å². The number of fused-ring (bicyclic) bond motifs is 1. The number of aromatic nitrogens is 2. The minimum atomic E-state index is -0.974. The molecule has 2 aromatic carbocycles. The van der Waals surface area contributed by atoms with Crippen molar-refractivity contribution in [1.29, 1.82) is 0 Å². The van der Waals surface area contributed by atoms with E-state index in [0.29, 0.717) is 13.0 Å². The van der Waals surface area contributed by atoms with E-state index in [-0.39, 0.29) is 11.3 Å². The number of aromatic carboxylic acids is 1. The molecule has 0 saturated heterocycles. The van der Waals surface area contributed by atoms with E-state index in [1.54, 1.807) is 40.6 Å². The van der Waals surface area contributed by atoms with E-state index in [9.17, 15) is 9.59 Å². The maximum absolute atomic E-state index is 12.8. The highest BCUT2D eigenvalue weighted by Gasteiger charge is 2.06. The summed E-state index contributed by atoms with van der Waals surface area (Å²) in [5, 5.41) is 9.00. The molecule has 4 aromatic rings. The van der Waals surface area contributed by atoms with Gasteiger partial charge in [-0.15, -0.1) is 0 Å². The number of carboxylic acid groups (broad SMARTS) is 1. The van der Waals surface area contributed by atoms with Gasteiger partial charge in [0, 0.05) is 24.4 Å². The highest BCUT2D eigenvalue weighted by atomic mass is 16.5. The van der Waals surface area contributed by atoms with Gasteiger partial charge in [0.15, 0.2) is 0 Å². The van der Waals surface area contributed by atoms with Crippen LogP contribution >= 0.6 is 0 Å². The molecule has 0 atom stereocenters. The summed E-state index contributed by atoms with van der Waals surface area (Å²) in [6.07, 6.45) is 4.08. The van der Waals surface area contributed by atoms with E-state index >= 15 is 0 Å². The molecule has 154 valence electrons. The van der Waals surface area contributed by atoms with Crippen molar-refractivity contribution in [3.63, 3.8) is 0 Å². The van der Waals surface area contributed by atoms with Crippen molar-refractivity contribution in [2.75, 3.05) is 7.11 Å². The Morgan fingerprint density at radius 1 is 1.03 bits per heavy atom. The molecule has 0 saturated carbocycles. The van der Waals surface area contributed by atoms with Crippen LogP contribution in [0.3, 0.4) is 0 Å². The third-order valence-corrected chi connectivity index (χ3v) is 4.96. The Morgan fingerprint density at radius 3 is 2.42 bits per heavy atom. The van der Waals surface area contributed by atoms with Gasteiger partial charge in [-0.05, 0) is 47.5 Å². The summed E-state index contributed by atoms with van der Waals surface area (Å²) in [5.41, 5.74) is 3.52. The zero-order chi connectivity index (χ0) is 21.8. The molecule has 2 aromatic heterocycles. The van der Waals surface area contributed by atoms with Gasteiger partial charge in [0.2, 0.25) is 0 Å². The molecule has 6 heteroatoms. The zero-order valence-electron chi connectivity index (χ0n) is 16.9. The van der Waals surface area contributed by atoms with Crippen LogP contribution < -0.4 is 10.4 Å². The first kappa shape index (κ1) is 20.0. The van der Waals surface area contributed by atoms with Crippen molar-refractivity contribution in [2.24, 2.45) is 0 Å². The largest absolute Gasteiger partial charge is 0.497 e. The maximum atomic E-state index is 12.8. The van der Waals surface area contributed by atoms with Crippen LogP contribution in [0.1, 0.15) is 27.0 Å². The quantitative estimate of drug-likeness (QED) is 0.510.